The van der Waals surface area contributed by atoms with Gasteiger partial charge in [-0.05, 0) is 36.4 Å². The van der Waals surface area contributed by atoms with Crippen molar-refractivity contribution in [1.29, 1.82) is 5.26 Å². The lowest BCUT2D eigenvalue weighted by atomic mass is 10.1. The Morgan fingerprint density at radius 1 is 1.23 bits per heavy atom. The minimum atomic E-state index is 0.596. The Morgan fingerprint density at radius 2 is 2.09 bits per heavy atom. The highest BCUT2D eigenvalue weighted by atomic mass is 79.9. The molecule has 0 fully saturated rings. The largest absolute Gasteiger partial charge is 0.496 e. The Hall–Kier alpha value is -2.58. The minimum absolute atomic E-state index is 0.596. The number of benzene rings is 2. The van der Waals surface area contributed by atoms with Crippen LogP contribution in [0.2, 0.25) is 0 Å². The van der Waals surface area contributed by atoms with Crippen molar-refractivity contribution in [2.75, 3.05) is 12.4 Å². The average Bonchev–Trinajstić information content (AvgIpc) is 2.56. The van der Waals surface area contributed by atoms with Gasteiger partial charge in [-0.1, -0.05) is 22.0 Å². The van der Waals surface area contributed by atoms with Crippen molar-refractivity contribution in [3.63, 3.8) is 0 Å². The van der Waals surface area contributed by atoms with Crippen LogP contribution in [-0.4, -0.2) is 12.1 Å². The molecule has 1 N–H and O–H groups in total. The van der Waals surface area contributed by atoms with Gasteiger partial charge in [-0.3, -0.25) is 0 Å². The summed E-state index contributed by atoms with van der Waals surface area (Å²) in [6, 6.07) is 15.2. The molecule has 0 atom stereocenters. The monoisotopic (exact) mass is 353 g/mol. The summed E-state index contributed by atoms with van der Waals surface area (Å²) in [5, 5.41) is 14.2. The summed E-state index contributed by atoms with van der Waals surface area (Å²) in [6.07, 6.45) is 1.74. The number of nitrogens with one attached hydrogen (secondary N) is 1. The number of nitrogens with zero attached hydrogens (tertiary/aromatic N) is 2. The molecule has 4 nitrogen and oxygen atoms in total. The molecule has 0 spiro atoms. The Bertz CT molecular complexity index is 887. The standard InChI is InChI=1S/C17H12BrN3O/c1-22-15-6-5-14(18)13-7-8-20-17(16(13)15)21-12-4-2-3-11(9-12)10-19/h2-9H,1H3,(H,20,21). The van der Waals surface area contributed by atoms with Crippen molar-refractivity contribution in [1.82, 2.24) is 4.98 Å². The third-order valence-corrected chi connectivity index (χ3v) is 4.00. The lowest BCUT2D eigenvalue weighted by molar-refractivity contribution is 0.420. The molecule has 0 saturated carbocycles. The van der Waals surface area contributed by atoms with Gasteiger partial charge in [0.15, 0.2) is 0 Å². The maximum absolute atomic E-state index is 9.00. The summed E-state index contributed by atoms with van der Waals surface area (Å²) in [7, 11) is 1.63. The predicted molar refractivity (Wildman–Crippen MR) is 90.4 cm³/mol. The molecule has 22 heavy (non-hydrogen) atoms. The van der Waals surface area contributed by atoms with E-state index in [9.17, 15) is 0 Å². The molecule has 0 aliphatic heterocycles. The normalized spacial score (nSPS) is 10.2. The summed E-state index contributed by atoms with van der Waals surface area (Å²) in [4.78, 5) is 4.41. The predicted octanol–water partition coefficient (Wildman–Crippen LogP) is 4.62. The smallest absolute Gasteiger partial charge is 0.142 e. The Morgan fingerprint density at radius 3 is 2.86 bits per heavy atom. The number of anilines is 2. The van der Waals surface area contributed by atoms with Crippen LogP contribution in [0.15, 0.2) is 53.1 Å². The number of hydrogen-bond acceptors (Lipinski definition) is 4. The number of ether oxygens (including phenoxy) is 1. The summed E-state index contributed by atoms with van der Waals surface area (Å²) < 4.78 is 6.42. The minimum Gasteiger partial charge on any atom is -0.496 e. The molecule has 0 unspecified atom stereocenters. The first kappa shape index (κ1) is 14.4. The highest BCUT2D eigenvalue weighted by molar-refractivity contribution is 9.10. The Balaban J connectivity index is 2.14. The molecular formula is C17H12BrN3O. The third-order valence-electron chi connectivity index (χ3n) is 3.31. The molecule has 1 heterocycles. The number of methoxy groups -OCH3 is 1. The Kier molecular flexibility index (Phi) is 3.94. The SMILES string of the molecule is COc1ccc(Br)c2ccnc(Nc3cccc(C#N)c3)c12. The number of halogens is 1. The first-order chi connectivity index (χ1) is 10.7. The zero-order chi connectivity index (χ0) is 15.5. The van der Waals surface area contributed by atoms with E-state index >= 15 is 0 Å². The molecule has 108 valence electrons. The van der Waals surface area contributed by atoms with E-state index < -0.39 is 0 Å². The van der Waals surface area contributed by atoms with Crippen molar-refractivity contribution in [2.45, 2.75) is 0 Å². The molecule has 0 saturated heterocycles. The molecule has 1 aromatic heterocycles. The van der Waals surface area contributed by atoms with Crippen LogP contribution in [-0.2, 0) is 0 Å². The van der Waals surface area contributed by atoms with Crippen LogP contribution in [0.1, 0.15) is 5.56 Å². The third kappa shape index (κ3) is 2.61. The van der Waals surface area contributed by atoms with Crippen LogP contribution in [0.5, 0.6) is 5.75 Å². The van der Waals surface area contributed by atoms with E-state index in [1.54, 1.807) is 25.4 Å². The molecule has 3 aromatic rings. The van der Waals surface area contributed by atoms with Gasteiger partial charge >= 0.3 is 0 Å². The van der Waals surface area contributed by atoms with E-state index in [2.05, 4.69) is 32.3 Å². The quantitative estimate of drug-likeness (QED) is 0.746. The zero-order valence-corrected chi connectivity index (χ0v) is 13.4. The number of aromatic nitrogens is 1. The molecule has 0 aliphatic carbocycles. The second kappa shape index (κ2) is 6.04. The van der Waals surface area contributed by atoms with E-state index in [1.165, 1.54) is 0 Å². The summed E-state index contributed by atoms with van der Waals surface area (Å²) in [5.74, 6) is 1.43. The fraction of sp³-hybridized carbons (Fsp3) is 0.0588. The van der Waals surface area contributed by atoms with Gasteiger partial charge in [0.25, 0.3) is 0 Å². The number of nitriles is 1. The summed E-state index contributed by atoms with van der Waals surface area (Å²) in [5.41, 5.74) is 1.40. The lowest BCUT2D eigenvalue weighted by Gasteiger charge is -2.13. The van der Waals surface area contributed by atoms with E-state index in [0.29, 0.717) is 11.4 Å². The van der Waals surface area contributed by atoms with Gasteiger partial charge in [0.1, 0.15) is 11.6 Å². The molecule has 0 radical (unpaired) electrons. The molecule has 0 aliphatic rings. The molecule has 0 bridgehead atoms. The van der Waals surface area contributed by atoms with Crippen molar-refractivity contribution >= 4 is 38.2 Å². The number of fused-ring (bicyclic) bond motifs is 1. The fourth-order valence-corrected chi connectivity index (χ4v) is 2.76. The average molecular weight is 354 g/mol. The number of rotatable bonds is 3. The van der Waals surface area contributed by atoms with Crippen LogP contribution in [0.3, 0.4) is 0 Å². The molecular weight excluding hydrogens is 342 g/mol. The van der Waals surface area contributed by atoms with Gasteiger partial charge in [-0.2, -0.15) is 5.26 Å². The highest BCUT2D eigenvalue weighted by Crippen LogP contribution is 2.36. The first-order valence-electron chi connectivity index (χ1n) is 6.61. The van der Waals surface area contributed by atoms with E-state index in [4.69, 9.17) is 10.00 Å². The molecule has 2 aromatic carbocycles. The van der Waals surface area contributed by atoms with Crippen molar-refractivity contribution in [2.24, 2.45) is 0 Å². The Labute approximate surface area is 136 Å². The van der Waals surface area contributed by atoms with Crippen molar-refractivity contribution < 1.29 is 4.74 Å². The number of pyridine rings is 1. The second-order valence-corrected chi connectivity index (χ2v) is 5.50. The maximum atomic E-state index is 9.00. The number of hydrogen-bond donors (Lipinski definition) is 1. The van der Waals surface area contributed by atoms with Crippen molar-refractivity contribution in [3.8, 4) is 11.8 Å². The van der Waals surface area contributed by atoms with Gasteiger partial charge in [0.2, 0.25) is 0 Å². The van der Waals surface area contributed by atoms with E-state index in [-0.39, 0.29) is 0 Å². The van der Waals surface area contributed by atoms with Crippen LogP contribution in [0.25, 0.3) is 10.8 Å². The molecule has 5 heteroatoms. The van der Waals surface area contributed by atoms with Gasteiger partial charge < -0.3 is 10.1 Å². The van der Waals surface area contributed by atoms with Crippen LogP contribution < -0.4 is 10.1 Å². The first-order valence-corrected chi connectivity index (χ1v) is 7.40. The van der Waals surface area contributed by atoms with E-state index in [1.807, 2.05) is 30.3 Å². The fourth-order valence-electron chi connectivity index (χ4n) is 2.30. The maximum Gasteiger partial charge on any atom is 0.142 e. The zero-order valence-electron chi connectivity index (χ0n) is 11.8. The molecule has 3 rings (SSSR count). The van der Waals surface area contributed by atoms with Crippen LogP contribution in [0.4, 0.5) is 11.5 Å². The van der Waals surface area contributed by atoms with Crippen LogP contribution >= 0.6 is 15.9 Å². The topological polar surface area (TPSA) is 57.9 Å². The van der Waals surface area contributed by atoms with Gasteiger partial charge in [0.05, 0.1) is 24.1 Å². The second-order valence-electron chi connectivity index (χ2n) is 4.65. The lowest BCUT2D eigenvalue weighted by Crippen LogP contribution is -1.97. The van der Waals surface area contributed by atoms with Gasteiger partial charge in [-0.25, -0.2) is 4.98 Å². The highest BCUT2D eigenvalue weighted by Gasteiger charge is 2.11. The summed E-state index contributed by atoms with van der Waals surface area (Å²) in [6.45, 7) is 0. The van der Waals surface area contributed by atoms with Gasteiger partial charge in [0, 0.05) is 21.7 Å². The van der Waals surface area contributed by atoms with Crippen molar-refractivity contribution in [3.05, 3.63) is 58.7 Å². The molecule has 0 amide bonds. The van der Waals surface area contributed by atoms with Gasteiger partial charge in [-0.15, -0.1) is 0 Å². The van der Waals surface area contributed by atoms with E-state index in [0.717, 1.165) is 26.7 Å². The van der Waals surface area contributed by atoms with Crippen LogP contribution in [0, 0.1) is 11.3 Å². The summed E-state index contributed by atoms with van der Waals surface area (Å²) >= 11 is 3.55.